The first-order chi connectivity index (χ1) is 12.0. The van der Waals surface area contributed by atoms with Crippen LogP contribution in [0.25, 0.3) is 0 Å². The minimum absolute atomic E-state index is 0.131. The summed E-state index contributed by atoms with van der Waals surface area (Å²) < 4.78 is 11.2. The number of ether oxygens (including phenoxy) is 2. The van der Waals surface area contributed by atoms with Crippen molar-refractivity contribution >= 4 is 33.5 Å². The summed E-state index contributed by atoms with van der Waals surface area (Å²) in [6.07, 6.45) is 0.911. The molecular formula is C19H20BrNO4. The minimum Gasteiger partial charge on any atom is -0.492 e. The average molecular weight is 406 g/mol. The maximum Gasteiger partial charge on any atom is 0.337 e. The fraction of sp³-hybridized carbons (Fsp3) is 0.263. The number of methoxy groups -OCH3 is 1. The lowest BCUT2D eigenvalue weighted by molar-refractivity contribution is -0.116. The summed E-state index contributed by atoms with van der Waals surface area (Å²) in [5.74, 6) is 0.193. The molecule has 0 radical (unpaired) electrons. The highest BCUT2D eigenvalue weighted by molar-refractivity contribution is 9.10. The molecular weight excluding hydrogens is 386 g/mol. The maximum absolute atomic E-state index is 12.0. The van der Waals surface area contributed by atoms with E-state index < -0.39 is 5.97 Å². The molecule has 0 saturated carbocycles. The van der Waals surface area contributed by atoms with Crippen LogP contribution in [-0.2, 0) is 9.53 Å². The van der Waals surface area contributed by atoms with Gasteiger partial charge in [-0.1, -0.05) is 12.1 Å². The number of esters is 1. The average Bonchev–Trinajstić information content (AvgIpc) is 2.59. The molecule has 0 heterocycles. The molecule has 25 heavy (non-hydrogen) atoms. The second-order valence-electron chi connectivity index (χ2n) is 5.51. The van der Waals surface area contributed by atoms with Crippen LogP contribution in [0.4, 0.5) is 5.69 Å². The number of nitrogens with one attached hydrogen (secondary N) is 1. The summed E-state index contributed by atoms with van der Waals surface area (Å²) in [6, 6.07) is 12.5. The third kappa shape index (κ3) is 5.90. The number of aryl methyl sites for hydroxylation is 1. The Labute approximate surface area is 155 Å². The third-order valence-corrected chi connectivity index (χ3v) is 4.08. The fourth-order valence-electron chi connectivity index (χ4n) is 2.20. The van der Waals surface area contributed by atoms with E-state index in [4.69, 9.17) is 4.74 Å². The largest absolute Gasteiger partial charge is 0.492 e. The molecule has 0 atom stereocenters. The van der Waals surface area contributed by atoms with E-state index in [-0.39, 0.29) is 5.91 Å². The molecule has 1 amide bonds. The number of rotatable bonds is 7. The van der Waals surface area contributed by atoms with E-state index in [2.05, 4.69) is 26.0 Å². The van der Waals surface area contributed by atoms with Gasteiger partial charge in [-0.05, 0) is 65.2 Å². The highest BCUT2D eigenvalue weighted by Gasteiger charge is 2.08. The molecule has 132 valence electrons. The van der Waals surface area contributed by atoms with Crippen LogP contribution in [0.3, 0.4) is 0 Å². The van der Waals surface area contributed by atoms with Crippen LogP contribution in [0.1, 0.15) is 28.8 Å². The second-order valence-corrected chi connectivity index (χ2v) is 6.36. The van der Waals surface area contributed by atoms with Crippen LogP contribution in [0.15, 0.2) is 46.9 Å². The van der Waals surface area contributed by atoms with E-state index in [9.17, 15) is 9.59 Å². The second kappa shape index (κ2) is 9.22. The van der Waals surface area contributed by atoms with Gasteiger partial charge in [0.2, 0.25) is 5.91 Å². The van der Waals surface area contributed by atoms with Crippen molar-refractivity contribution in [3.05, 3.63) is 58.1 Å². The zero-order chi connectivity index (χ0) is 18.2. The molecule has 0 saturated heterocycles. The fourth-order valence-corrected chi connectivity index (χ4v) is 2.81. The van der Waals surface area contributed by atoms with E-state index in [1.165, 1.54) is 7.11 Å². The summed E-state index contributed by atoms with van der Waals surface area (Å²) in [5.41, 5.74) is 2.11. The van der Waals surface area contributed by atoms with Gasteiger partial charge < -0.3 is 14.8 Å². The van der Waals surface area contributed by atoms with E-state index in [0.717, 1.165) is 15.8 Å². The van der Waals surface area contributed by atoms with E-state index in [0.29, 0.717) is 30.7 Å². The number of benzene rings is 2. The van der Waals surface area contributed by atoms with Crippen molar-refractivity contribution in [3.8, 4) is 5.75 Å². The molecule has 2 aromatic carbocycles. The molecule has 6 heteroatoms. The van der Waals surface area contributed by atoms with Gasteiger partial charge in [0.1, 0.15) is 5.75 Å². The molecule has 0 unspecified atom stereocenters. The topological polar surface area (TPSA) is 64.6 Å². The molecule has 0 fully saturated rings. The van der Waals surface area contributed by atoms with Gasteiger partial charge in [0.15, 0.2) is 0 Å². The Hall–Kier alpha value is -2.34. The molecule has 0 aliphatic carbocycles. The molecule has 0 bridgehead atoms. The summed E-state index contributed by atoms with van der Waals surface area (Å²) in [4.78, 5) is 23.5. The van der Waals surface area contributed by atoms with Crippen LogP contribution >= 0.6 is 15.9 Å². The van der Waals surface area contributed by atoms with Gasteiger partial charge in [-0.2, -0.15) is 0 Å². The lowest BCUT2D eigenvalue weighted by Crippen LogP contribution is -2.13. The van der Waals surface area contributed by atoms with Gasteiger partial charge in [0.25, 0.3) is 0 Å². The monoisotopic (exact) mass is 405 g/mol. The summed E-state index contributed by atoms with van der Waals surface area (Å²) in [5, 5.41) is 2.77. The number of carbonyl (C=O) groups is 2. The van der Waals surface area contributed by atoms with Crippen molar-refractivity contribution in [1.82, 2.24) is 0 Å². The first-order valence-electron chi connectivity index (χ1n) is 7.87. The van der Waals surface area contributed by atoms with Crippen LogP contribution in [0.5, 0.6) is 5.75 Å². The molecule has 0 aromatic heterocycles. The summed E-state index contributed by atoms with van der Waals surface area (Å²) in [7, 11) is 1.32. The van der Waals surface area contributed by atoms with Gasteiger partial charge in [-0.25, -0.2) is 4.79 Å². The normalized spacial score (nSPS) is 10.2. The standard InChI is InChI=1S/C19H20BrNO4/c1-13-8-9-17(16(20)11-13)25-10-4-7-18(22)21-15-6-3-5-14(12-15)19(23)24-2/h3,5-6,8-9,11-12H,4,7,10H2,1-2H3,(H,21,22). The Kier molecular flexibility index (Phi) is 7.01. The zero-order valence-electron chi connectivity index (χ0n) is 14.2. The first kappa shape index (κ1) is 19.0. The molecule has 0 spiro atoms. The zero-order valence-corrected chi connectivity index (χ0v) is 15.8. The Balaban J connectivity index is 1.78. The van der Waals surface area contributed by atoms with E-state index in [1.807, 2.05) is 25.1 Å². The lowest BCUT2D eigenvalue weighted by Gasteiger charge is -2.09. The van der Waals surface area contributed by atoms with Crippen molar-refractivity contribution in [2.24, 2.45) is 0 Å². The molecule has 5 nitrogen and oxygen atoms in total. The highest BCUT2D eigenvalue weighted by atomic mass is 79.9. The Bertz CT molecular complexity index is 761. The molecule has 0 aliphatic rings. The lowest BCUT2D eigenvalue weighted by atomic mass is 10.2. The number of halogens is 1. The first-order valence-corrected chi connectivity index (χ1v) is 8.66. The van der Waals surface area contributed by atoms with Crippen LogP contribution in [0, 0.1) is 6.92 Å². The van der Waals surface area contributed by atoms with Gasteiger partial charge in [-0.15, -0.1) is 0 Å². The van der Waals surface area contributed by atoms with Crippen molar-refractivity contribution in [3.63, 3.8) is 0 Å². The highest BCUT2D eigenvalue weighted by Crippen LogP contribution is 2.25. The molecule has 2 rings (SSSR count). The Morgan fingerprint density at radius 2 is 1.96 bits per heavy atom. The minimum atomic E-state index is -0.437. The van der Waals surface area contributed by atoms with Crippen LogP contribution in [-0.4, -0.2) is 25.6 Å². The van der Waals surface area contributed by atoms with Crippen molar-refractivity contribution in [2.75, 3.05) is 19.0 Å². The SMILES string of the molecule is COC(=O)c1cccc(NC(=O)CCCOc2ccc(C)cc2Br)c1. The predicted molar refractivity (Wildman–Crippen MR) is 100 cm³/mol. The Morgan fingerprint density at radius 1 is 1.16 bits per heavy atom. The van der Waals surface area contributed by atoms with Crippen LogP contribution < -0.4 is 10.1 Å². The Morgan fingerprint density at radius 3 is 2.68 bits per heavy atom. The molecule has 0 aliphatic heterocycles. The maximum atomic E-state index is 12.0. The number of carbonyl (C=O) groups excluding carboxylic acids is 2. The van der Waals surface area contributed by atoms with Gasteiger partial charge in [0, 0.05) is 12.1 Å². The van der Waals surface area contributed by atoms with Crippen molar-refractivity contribution in [1.29, 1.82) is 0 Å². The van der Waals surface area contributed by atoms with Crippen LogP contribution in [0.2, 0.25) is 0 Å². The molecule has 2 aromatic rings. The number of anilines is 1. The summed E-state index contributed by atoms with van der Waals surface area (Å²) in [6.45, 7) is 2.45. The van der Waals surface area contributed by atoms with Gasteiger partial charge >= 0.3 is 5.97 Å². The number of amides is 1. The van der Waals surface area contributed by atoms with Gasteiger partial charge in [0.05, 0.1) is 23.8 Å². The number of hydrogen-bond donors (Lipinski definition) is 1. The van der Waals surface area contributed by atoms with Crippen molar-refractivity contribution in [2.45, 2.75) is 19.8 Å². The summed E-state index contributed by atoms with van der Waals surface area (Å²) >= 11 is 3.45. The smallest absolute Gasteiger partial charge is 0.337 e. The van der Waals surface area contributed by atoms with Crippen molar-refractivity contribution < 1.29 is 19.1 Å². The van der Waals surface area contributed by atoms with Gasteiger partial charge in [-0.3, -0.25) is 4.79 Å². The molecule has 1 N–H and O–H groups in total. The van der Waals surface area contributed by atoms with E-state index in [1.54, 1.807) is 24.3 Å². The van der Waals surface area contributed by atoms with E-state index >= 15 is 0 Å². The third-order valence-electron chi connectivity index (χ3n) is 3.46. The number of hydrogen-bond acceptors (Lipinski definition) is 4. The predicted octanol–water partition coefficient (Wildman–Crippen LogP) is 4.34. The quantitative estimate of drug-likeness (QED) is 0.549.